The number of hydrogen-bond donors (Lipinski definition) is 1. The first-order chi connectivity index (χ1) is 10.5. The Balaban J connectivity index is 2.02. The van der Waals surface area contributed by atoms with Gasteiger partial charge in [-0.3, -0.25) is 4.79 Å². The third-order valence-electron chi connectivity index (χ3n) is 3.57. The Labute approximate surface area is 132 Å². The first-order valence-electron chi connectivity index (χ1n) is 7.56. The van der Waals surface area contributed by atoms with Crippen molar-refractivity contribution in [2.24, 2.45) is 0 Å². The lowest BCUT2D eigenvalue weighted by molar-refractivity contribution is -0.118. The van der Waals surface area contributed by atoms with Crippen LogP contribution in [-0.4, -0.2) is 12.5 Å². The molecule has 0 aliphatic heterocycles. The van der Waals surface area contributed by atoms with Gasteiger partial charge < -0.3 is 10.1 Å². The zero-order valence-electron chi connectivity index (χ0n) is 13.6. The summed E-state index contributed by atoms with van der Waals surface area (Å²) in [6.45, 7) is 8.23. The van der Waals surface area contributed by atoms with Crippen molar-refractivity contribution in [3.05, 3.63) is 59.2 Å². The molecule has 0 aliphatic rings. The van der Waals surface area contributed by atoms with E-state index in [-0.39, 0.29) is 12.5 Å². The molecule has 0 radical (unpaired) electrons. The number of amides is 1. The lowest BCUT2D eigenvalue weighted by Gasteiger charge is -2.15. The molecule has 22 heavy (non-hydrogen) atoms. The van der Waals surface area contributed by atoms with Crippen molar-refractivity contribution >= 4 is 11.6 Å². The molecular weight excluding hydrogens is 274 g/mol. The van der Waals surface area contributed by atoms with Crippen molar-refractivity contribution in [1.29, 1.82) is 0 Å². The molecule has 2 aromatic carbocycles. The Morgan fingerprint density at radius 3 is 2.55 bits per heavy atom. The maximum Gasteiger partial charge on any atom is 0.262 e. The molecule has 116 valence electrons. The number of nitrogens with one attached hydrogen (secondary N) is 1. The Morgan fingerprint density at radius 1 is 1.14 bits per heavy atom. The second kappa shape index (κ2) is 7.12. The molecule has 1 N–H and O–H groups in total. The molecule has 3 nitrogen and oxygen atoms in total. The summed E-state index contributed by atoms with van der Waals surface area (Å²) < 4.78 is 5.74. The van der Waals surface area contributed by atoms with Crippen LogP contribution in [0.5, 0.6) is 5.75 Å². The summed E-state index contributed by atoms with van der Waals surface area (Å²) in [5.74, 6) is 0.996. The maximum absolute atomic E-state index is 12.1. The number of hydrogen-bond acceptors (Lipinski definition) is 2. The van der Waals surface area contributed by atoms with Crippen molar-refractivity contribution in [1.82, 2.24) is 0 Å². The molecule has 0 heterocycles. The predicted molar refractivity (Wildman–Crippen MR) is 90.6 cm³/mol. The van der Waals surface area contributed by atoms with E-state index in [4.69, 9.17) is 4.74 Å². The van der Waals surface area contributed by atoms with Gasteiger partial charge in [-0.1, -0.05) is 44.2 Å². The second-order valence-electron chi connectivity index (χ2n) is 5.85. The molecule has 1 amide bonds. The molecule has 0 spiro atoms. The average Bonchev–Trinajstić information content (AvgIpc) is 2.47. The number of rotatable bonds is 5. The van der Waals surface area contributed by atoms with Crippen molar-refractivity contribution in [3.63, 3.8) is 0 Å². The van der Waals surface area contributed by atoms with Crippen LogP contribution in [0.4, 0.5) is 5.69 Å². The van der Waals surface area contributed by atoms with Gasteiger partial charge in [0.05, 0.1) is 0 Å². The SMILES string of the molecule is Cc1ccc(C(C)C)c(OCC(=O)Nc2ccccc2C)c1. The average molecular weight is 297 g/mol. The Bertz CT molecular complexity index is 662. The van der Waals surface area contributed by atoms with E-state index >= 15 is 0 Å². The van der Waals surface area contributed by atoms with Gasteiger partial charge in [-0.15, -0.1) is 0 Å². The molecule has 0 saturated heterocycles. The molecule has 0 aromatic heterocycles. The fraction of sp³-hybridized carbons (Fsp3) is 0.316. The maximum atomic E-state index is 12.1. The number of benzene rings is 2. The first-order valence-corrected chi connectivity index (χ1v) is 7.56. The number of carbonyl (C=O) groups is 1. The highest BCUT2D eigenvalue weighted by molar-refractivity contribution is 5.92. The lowest BCUT2D eigenvalue weighted by Crippen LogP contribution is -2.21. The summed E-state index contributed by atoms with van der Waals surface area (Å²) in [6.07, 6.45) is 0. The van der Waals surface area contributed by atoms with Crippen LogP contribution >= 0.6 is 0 Å². The summed E-state index contributed by atoms with van der Waals surface area (Å²) in [5.41, 5.74) is 4.10. The zero-order chi connectivity index (χ0) is 16.1. The smallest absolute Gasteiger partial charge is 0.262 e. The zero-order valence-corrected chi connectivity index (χ0v) is 13.6. The molecule has 0 saturated carbocycles. The van der Waals surface area contributed by atoms with Crippen molar-refractivity contribution in [2.75, 3.05) is 11.9 Å². The number of anilines is 1. The number of ether oxygens (including phenoxy) is 1. The summed E-state index contributed by atoms with van der Waals surface area (Å²) >= 11 is 0. The molecule has 2 aromatic rings. The lowest BCUT2D eigenvalue weighted by atomic mass is 10.0. The molecule has 0 unspecified atom stereocenters. The standard InChI is InChI=1S/C19H23NO2/c1-13(2)16-10-9-14(3)11-18(16)22-12-19(21)20-17-8-6-5-7-15(17)4/h5-11,13H,12H2,1-4H3,(H,20,21). The third-order valence-corrected chi connectivity index (χ3v) is 3.57. The quantitative estimate of drug-likeness (QED) is 0.885. The van der Waals surface area contributed by atoms with E-state index in [1.54, 1.807) is 0 Å². The molecule has 0 bridgehead atoms. The molecule has 0 fully saturated rings. The highest BCUT2D eigenvalue weighted by atomic mass is 16.5. The van der Waals surface area contributed by atoms with Gasteiger partial charge in [0.25, 0.3) is 5.91 Å². The normalized spacial score (nSPS) is 10.6. The van der Waals surface area contributed by atoms with Crippen molar-refractivity contribution < 1.29 is 9.53 Å². The minimum atomic E-state index is -0.148. The van der Waals surface area contributed by atoms with Crippen LogP contribution in [0.25, 0.3) is 0 Å². The van der Waals surface area contributed by atoms with Gasteiger partial charge in [0.2, 0.25) is 0 Å². The highest BCUT2D eigenvalue weighted by Crippen LogP contribution is 2.27. The molecule has 0 aliphatic carbocycles. The fourth-order valence-electron chi connectivity index (χ4n) is 2.29. The molecule has 2 rings (SSSR count). The van der Waals surface area contributed by atoms with Crippen LogP contribution in [-0.2, 0) is 4.79 Å². The van der Waals surface area contributed by atoms with Gasteiger partial charge in [-0.25, -0.2) is 0 Å². The fourth-order valence-corrected chi connectivity index (χ4v) is 2.29. The van der Waals surface area contributed by atoms with Crippen LogP contribution in [0, 0.1) is 13.8 Å². The van der Waals surface area contributed by atoms with E-state index in [0.29, 0.717) is 5.92 Å². The Morgan fingerprint density at radius 2 is 1.86 bits per heavy atom. The summed E-state index contributed by atoms with van der Waals surface area (Å²) in [6, 6.07) is 13.8. The number of para-hydroxylation sites is 1. The molecule has 0 atom stereocenters. The Kier molecular flexibility index (Phi) is 5.21. The van der Waals surface area contributed by atoms with E-state index in [2.05, 4.69) is 31.3 Å². The summed E-state index contributed by atoms with van der Waals surface area (Å²) in [4.78, 5) is 12.1. The Hall–Kier alpha value is -2.29. The van der Waals surface area contributed by atoms with Gasteiger partial charge in [-0.05, 0) is 48.6 Å². The largest absolute Gasteiger partial charge is 0.483 e. The van der Waals surface area contributed by atoms with Gasteiger partial charge in [-0.2, -0.15) is 0 Å². The minimum absolute atomic E-state index is 0.0114. The van der Waals surface area contributed by atoms with Crippen LogP contribution in [0.2, 0.25) is 0 Å². The van der Waals surface area contributed by atoms with Crippen LogP contribution in [0.1, 0.15) is 36.5 Å². The topological polar surface area (TPSA) is 38.3 Å². The van der Waals surface area contributed by atoms with Crippen LogP contribution < -0.4 is 10.1 Å². The number of aryl methyl sites for hydroxylation is 2. The van der Waals surface area contributed by atoms with E-state index in [9.17, 15) is 4.79 Å². The van der Waals surface area contributed by atoms with Gasteiger partial charge >= 0.3 is 0 Å². The van der Waals surface area contributed by atoms with Gasteiger partial charge in [0, 0.05) is 5.69 Å². The second-order valence-corrected chi connectivity index (χ2v) is 5.85. The van der Waals surface area contributed by atoms with Crippen molar-refractivity contribution in [3.8, 4) is 5.75 Å². The monoisotopic (exact) mass is 297 g/mol. The van der Waals surface area contributed by atoms with E-state index in [0.717, 1.165) is 28.1 Å². The summed E-state index contributed by atoms with van der Waals surface area (Å²) in [7, 11) is 0. The first kappa shape index (κ1) is 16.1. The van der Waals surface area contributed by atoms with E-state index in [1.165, 1.54) is 0 Å². The van der Waals surface area contributed by atoms with Gasteiger partial charge in [0.15, 0.2) is 6.61 Å². The van der Waals surface area contributed by atoms with E-state index in [1.807, 2.05) is 44.2 Å². The minimum Gasteiger partial charge on any atom is -0.483 e. The third kappa shape index (κ3) is 4.10. The number of carbonyl (C=O) groups excluding carboxylic acids is 1. The predicted octanol–water partition coefficient (Wildman–Crippen LogP) is 4.44. The van der Waals surface area contributed by atoms with E-state index < -0.39 is 0 Å². The van der Waals surface area contributed by atoms with Crippen LogP contribution in [0.15, 0.2) is 42.5 Å². The molecule has 3 heteroatoms. The molecular formula is C19H23NO2. The van der Waals surface area contributed by atoms with Crippen LogP contribution in [0.3, 0.4) is 0 Å². The highest BCUT2D eigenvalue weighted by Gasteiger charge is 2.11. The summed E-state index contributed by atoms with van der Waals surface area (Å²) in [5, 5.41) is 2.88. The van der Waals surface area contributed by atoms with Gasteiger partial charge in [0.1, 0.15) is 5.75 Å². The van der Waals surface area contributed by atoms with Crippen molar-refractivity contribution in [2.45, 2.75) is 33.6 Å².